The maximum absolute atomic E-state index is 13.3. The number of amides is 1. The maximum Gasteiger partial charge on any atom is 0.300 e. The third-order valence-corrected chi connectivity index (χ3v) is 6.06. The largest absolute Gasteiger partial charge is 0.507 e. The molecule has 0 aliphatic carbocycles. The predicted molar refractivity (Wildman–Crippen MR) is 129 cm³/mol. The number of para-hydroxylation sites is 1. The van der Waals surface area contributed by atoms with Gasteiger partial charge in [-0.05, 0) is 53.8 Å². The van der Waals surface area contributed by atoms with Crippen molar-refractivity contribution in [2.45, 2.75) is 32.7 Å². The van der Waals surface area contributed by atoms with Gasteiger partial charge in [-0.2, -0.15) is 0 Å². The van der Waals surface area contributed by atoms with Crippen LogP contribution in [-0.2, 0) is 9.59 Å². The number of carbonyl (C=O) groups excluding carboxylic acids is 2. The molecule has 1 fully saturated rings. The van der Waals surface area contributed by atoms with Gasteiger partial charge in [-0.3, -0.25) is 14.5 Å². The molecule has 0 bridgehead atoms. The first kappa shape index (κ1) is 22.3. The second-order valence-electron chi connectivity index (χ2n) is 8.48. The van der Waals surface area contributed by atoms with Crippen LogP contribution in [0.15, 0.2) is 78.4 Å². The molecular formula is C28H27NO4. The van der Waals surface area contributed by atoms with Crippen molar-refractivity contribution in [3.05, 3.63) is 101 Å². The van der Waals surface area contributed by atoms with Gasteiger partial charge in [-0.1, -0.05) is 62.4 Å². The number of ketones is 1. The number of nitrogens with zero attached hydrogens (tertiary/aromatic N) is 1. The fourth-order valence-electron chi connectivity index (χ4n) is 4.35. The fraction of sp³-hybridized carbons (Fsp3) is 0.214. The molecule has 168 valence electrons. The van der Waals surface area contributed by atoms with E-state index in [9.17, 15) is 14.7 Å². The highest BCUT2D eigenvalue weighted by Gasteiger charge is 2.47. The number of ether oxygens (including phenoxy) is 1. The first-order valence-electron chi connectivity index (χ1n) is 10.9. The first-order valence-corrected chi connectivity index (χ1v) is 10.9. The lowest BCUT2D eigenvalue weighted by Crippen LogP contribution is -2.30. The van der Waals surface area contributed by atoms with Crippen LogP contribution in [0.4, 0.5) is 5.69 Å². The van der Waals surface area contributed by atoms with E-state index >= 15 is 0 Å². The highest BCUT2D eigenvalue weighted by molar-refractivity contribution is 6.51. The molecule has 1 aliphatic rings. The van der Waals surface area contributed by atoms with E-state index in [0.29, 0.717) is 17.0 Å². The molecule has 1 atom stereocenters. The van der Waals surface area contributed by atoms with Crippen LogP contribution in [-0.4, -0.2) is 23.9 Å². The van der Waals surface area contributed by atoms with Crippen LogP contribution < -0.4 is 9.64 Å². The molecule has 33 heavy (non-hydrogen) atoms. The van der Waals surface area contributed by atoms with Crippen LogP contribution in [0.1, 0.15) is 48.1 Å². The zero-order valence-corrected chi connectivity index (χ0v) is 19.2. The standard InChI is InChI=1S/C28H27NO4/c1-17(2)21-16-20(14-15-23(21)33-4)26(30)24-25(19-11-6-5-7-12-19)29(28(32)27(24)31)22-13-9-8-10-18(22)3/h5-17,25,30H,1-4H3/b26-24-. The van der Waals surface area contributed by atoms with Gasteiger partial charge in [-0.15, -0.1) is 0 Å². The van der Waals surface area contributed by atoms with Crippen LogP contribution in [0.25, 0.3) is 5.76 Å². The Balaban J connectivity index is 1.95. The topological polar surface area (TPSA) is 66.8 Å². The summed E-state index contributed by atoms with van der Waals surface area (Å²) in [5, 5.41) is 11.4. The third kappa shape index (κ3) is 3.91. The van der Waals surface area contributed by atoms with Crippen molar-refractivity contribution in [1.29, 1.82) is 0 Å². The van der Waals surface area contributed by atoms with Gasteiger partial charge >= 0.3 is 0 Å². The summed E-state index contributed by atoms with van der Waals surface area (Å²) in [6.45, 7) is 5.96. The van der Waals surface area contributed by atoms with Crippen LogP contribution in [0.5, 0.6) is 5.75 Å². The maximum atomic E-state index is 13.3. The van der Waals surface area contributed by atoms with E-state index in [-0.39, 0.29) is 17.3 Å². The summed E-state index contributed by atoms with van der Waals surface area (Å²) in [6.07, 6.45) is 0. The average molecular weight is 442 g/mol. The lowest BCUT2D eigenvalue weighted by molar-refractivity contribution is -0.132. The van der Waals surface area contributed by atoms with Gasteiger partial charge in [0.25, 0.3) is 11.7 Å². The van der Waals surface area contributed by atoms with Crippen molar-refractivity contribution < 1.29 is 19.4 Å². The molecule has 5 nitrogen and oxygen atoms in total. The Bertz CT molecular complexity index is 1240. The molecular weight excluding hydrogens is 414 g/mol. The zero-order valence-electron chi connectivity index (χ0n) is 19.2. The SMILES string of the molecule is COc1ccc(/C(O)=C2/C(=O)C(=O)N(c3ccccc3C)C2c2ccccc2)cc1C(C)C. The summed E-state index contributed by atoms with van der Waals surface area (Å²) < 4.78 is 5.46. The number of rotatable bonds is 5. The normalized spacial score (nSPS) is 17.6. The minimum absolute atomic E-state index is 0.0781. The van der Waals surface area contributed by atoms with Crippen LogP contribution in [0.3, 0.4) is 0 Å². The number of hydrogen-bond acceptors (Lipinski definition) is 4. The lowest BCUT2D eigenvalue weighted by Gasteiger charge is -2.26. The minimum Gasteiger partial charge on any atom is -0.507 e. The van der Waals surface area contributed by atoms with Gasteiger partial charge in [0, 0.05) is 11.3 Å². The van der Waals surface area contributed by atoms with Gasteiger partial charge < -0.3 is 9.84 Å². The zero-order chi connectivity index (χ0) is 23.7. The Hall–Kier alpha value is -3.86. The molecule has 5 heteroatoms. The Labute approximate surface area is 193 Å². The van der Waals surface area contributed by atoms with Crippen LogP contribution in [0.2, 0.25) is 0 Å². The minimum atomic E-state index is -0.739. The van der Waals surface area contributed by atoms with Crippen molar-refractivity contribution in [2.75, 3.05) is 12.0 Å². The second-order valence-corrected chi connectivity index (χ2v) is 8.48. The fourth-order valence-corrected chi connectivity index (χ4v) is 4.35. The molecule has 0 saturated carbocycles. The number of carbonyl (C=O) groups is 2. The van der Waals surface area contributed by atoms with E-state index in [1.54, 1.807) is 19.2 Å². The van der Waals surface area contributed by atoms with Crippen molar-refractivity contribution in [1.82, 2.24) is 0 Å². The van der Waals surface area contributed by atoms with E-state index < -0.39 is 17.7 Å². The number of anilines is 1. The highest BCUT2D eigenvalue weighted by Crippen LogP contribution is 2.43. The monoisotopic (exact) mass is 441 g/mol. The number of aryl methyl sites for hydroxylation is 1. The lowest BCUT2D eigenvalue weighted by atomic mass is 9.93. The smallest absolute Gasteiger partial charge is 0.300 e. The molecule has 1 saturated heterocycles. The number of methoxy groups -OCH3 is 1. The van der Waals surface area contributed by atoms with Crippen molar-refractivity contribution in [3.8, 4) is 5.75 Å². The number of Topliss-reactive ketones (excluding diaryl/α,β-unsaturated/α-hetero) is 1. The average Bonchev–Trinajstić information content (AvgIpc) is 3.09. The summed E-state index contributed by atoms with van der Waals surface area (Å²) in [5.41, 5.74) is 3.72. The van der Waals surface area contributed by atoms with E-state index in [4.69, 9.17) is 4.74 Å². The Kier molecular flexibility index (Phi) is 6.05. The molecule has 1 N–H and O–H groups in total. The van der Waals surface area contributed by atoms with Crippen molar-refractivity contribution >= 4 is 23.1 Å². The first-order chi connectivity index (χ1) is 15.8. The van der Waals surface area contributed by atoms with Crippen LogP contribution in [0, 0.1) is 6.92 Å². The number of benzene rings is 3. The van der Waals surface area contributed by atoms with E-state index in [2.05, 4.69) is 0 Å². The highest BCUT2D eigenvalue weighted by atomic mass is 16.5. The molecule has 1 unspecified atom stereocenters. The predicted octanol–water partition coefficient (Wildman–Crippen LogP) is 5.75. The summed E-state index contributed by atoms with van der Waals surface area (Å²) in [5.74, 6) is -0.694. The third-order valence-electron chi connectivity index (χ3n) is 6.06. The van der Waals surface area contributed by atoms with E-state index in [1.807, 2.05) is 81.4 Å². The Morgan fingerprint density at radius 3 is 2.27 bits per heavy atom. The number of hydrogen-bond donors (Lipinski definition) is 1. The molecule has 0 aromatic heterocycles. The number of aliphatic hydroxyl groups is 1. The Morgan fingerprint density at radius 1 is 0.970 bits per heavy atom. The van der Waals surface area contributed by atoms with Crippen molar-refractivity contribution in [3.63, 3.8) is 0 Å². The van der Waals surface area contributed by atoms with Gasteiger partial charge in [0.2, 0.25) is 0 Å². The molecule has 0 spiro atoms. The molecule has 4 rings (SSSR count). The van der Waals surface area contributed by atoms with Gasteiger partial charge in [0.1, 0.15) is 11.5 Å². The molecule has 1 aliphatic heterocycles. The van der Waals surface area contributed by atoms with Crippen LogP contribution >= 0.6 is 0 Å². The molecule has 3 aromatic carbocycles. The Morgan fingerprint density at radius 2 is 1.64 bits per heavy atom. The quantitative estimate of drug-likeness (QED) is 0.311. The molecule has 1 heterocycles. The number of aliphatic hydroxyl groups excluding tert-OH is 1. The summed E-state index contributed by atoms with van der Waals surface area (Å²) >= 11 is 0. The molecule has 1 amide bonds. The van der Waals surface area contributed by atoms with E-state index in [0.717, 1.165) is 16.7 Å². The van der Waals surface area contributed by atoms with E-state index in [1.165, 1.54) is 4.90 Å². The van der Waals surface area contributed by atoms with Gasteiger partial charge in [0.15, 0.2) is 0 Å². The molecule has 0 radical (unpaired) electrons. The van der Waals surface area contributed by atoms with Gasteiger partial charge in [0.05, 0.1) is 18.7 Å². The summed E-state index contributed by atoms with van der Waals surface area (Å²) in [7, 11) is 1.60. The van der Waals surface area contributed by atoms with Crippen molar-refractivity contribution in [2.24, 2.45) is 0 Å². The van der Waals surface area contributed by atoms with Gasteiger partial charge in [-0.25, -0.2) is 0 Å². The summed E-state index contributed by atoms with van der Waals surface area (Å²) in [4.78, 5) is 28.1. The summed E-state index contributed by atoms with van der Waals surface area (Å²) in [6, 6.07) is 21.3. The molecule has 3 aromatic rings. The second kappa shape index (κ2) is 8.94.